The van der Waals surface area contributed by atoms with Crippen LogP contribution in [-0.4, -0.2) is 28.1 Å². The van der Waals surface area contributed by atoms with Crippen LogP contribution in [0.1, 0.15) is 25.7 Å². The van der Waals surface area contributed by atoms with Gasteiger partial charge in [0.1, 0.15) is 0 Å². The van der Waals surface area contributed by atoms with Crippen LogP contribution in [0, 0.1) is 11.3 Å². The molecule has 1 rings (SSSR count). The van der Waals surface area contributed by atoms with Crippen LogP contribution in [0.4, 0.5) is 0 Å². The van der Waals surface area contributed by atoms with Gasteiger partial charge in [0.05, 0.1) is 12.3 Å². The topological polar surface area (TPSA) is 66.5 Å². The predicted molar refractivity (Wildman–Crippen MR) is 57.0 cm³/mol. The molecule has 1 heterocycles. The van der Waals surface area contributed by atoms with Gasteiger partial charge in [-0.15, -0.1) is 5.10 Å². The van der Waals surface area contributed by atoms with Gasteiger partial charge in [0.25, 0.3) is 0 Å². The minimum Gasteiger partial charge on any atom is -0.317 e. The zero-order valence-corrected chi connectivity index (χ0v) is 8.89. The second-order valence-electron chi connectivity index (χ2n) is 3.38. The normalized spacial score (nSPS) is 10.1. The van der Waals surface area contributed by atoms with E-state index < -0.39 is 0 Å². The van der Waals surface area contributed by atoms with Crippen LogP contribution < -0.4 is 5.32 Å². The number of hydrogen-bond donors (Lipinski definition) is 1. The molecule has 5 heteroatoms. The largest absolute Gasteiger partial charge is 0.317 e. The van der Waals surface area contributed by atoms with Gasteiger partial charge in [-0.1, -0.05) is 5.21 Å². The third-order valence-corrected chi connectivity index (χ3v) is 2.10. The molecule has 0 saturated carbocycles. The molecule has 0 fully saturated rings. The predicted octanol–water partition coefficient (Wildman–Crippen LogP) is 0.952. The fraction of sp³-hybridized carbons (Fsp3) is 0.700. The Bertz CT molecular complexity index is 275. The van der Waals surface area contributed by atoms with Crippen LogP contribution in [-0.2, 0) is 6.54 Å². The minimum absolute atomic E-state index is 0.667. The van der Waals surface area contributed by atoms with Gasteiger partial charge in [-0.3, -0.25) is 4.68 Å². The van der Waals surface area contributed by atoms with Crippen molar-refractivity contribution in [1.29, 1.82) is 5.26 Å². The average molecular weight is 207 g/mol. The number of rotatable bonds is 8. The fourth-order valence-corrected chi connectivity index (χ4v) is 1.30. The Labute approximate surface area is 90.1 Å². The SMILES string of the molecule is N#CCCCCNCCCn1ccnn1. The van der Waals surface area contributed by atoms with Crippen LogP contribution in [0.2, 0.25) is 0 Å². The Kier molecular flexibility index (Phi) is 6.18. The third-order valence-electron chi connectivity index (χ3n) is 2.10. The molecule has 15 heavy (non-hydrogen) atoms. The van der Waals surface area contributed by atoms with Crippen molar-refractivity contribution in [2.45, 2.75) is 32.2 Å². The number of nitrogens with one attached hydrogen (secondary N) is 1. The Balaban J connectivity index is 1.84. The molecule has 0 saturated heterocycles. The highest BCUT2D eigenvalue weighted by atomic mass is 15.4. The Morgan fingerprint density at radius 1 is 1.27 bits per heavy atom. The molecule has 1 aromatic heterocycles. The molecule has 1 aromatic rings. The van der Waals surface area contributed by atoms with E-state index in [0.717, 1.165) is 38.9 Å². The van der Waals surface area contributed by atoms with Crippen molar-refractivity contribution >= 4 is 0 Å². The second-order valence-corrected chi connectivity index (χ2v) is 3.38. The van der Waals surface area contributed by atoms with Crippen LogP contribution in [0.25, 0.3) is 0 Å². The van der Waals surface area contributed by atoms with E-state index in [9.17, 15) is 0 Å². The first kappa shape index (κ1) is 11.7. The highest BCUT2D eigenvalue weighted by Gasteiger charge is 1.92. The molecule has 82 valence electrons. The number of aromatic nitrogens is 3. The smallest absolute Gasteiger partial charge is 0.0692 e. The van der Waals surface area contributed by atoms with Gasteiger partial charge in [-0.2, -0.15) is 5.26 Å². The number of hydrogen-bond acceptors (Lipinski definition) is 4. The van der Waals surface area contributed by atoms with E-state index in [4.69, 9.17) is 5.26 Å². The van der Waals surface area contributed by atoms with E-state index in [2.05, 4.69) is 21.7 Å². The highest BCUT2D eigenvalue weighted by Crippen LogP contribution is 1.91. The lowest BCUT2D eigenvalue weighted by Crippen LogP contribution is -2.18. The van der Waals surface area contributed by atoms with Crippen molar-refractivity contribution in [3.8, 4) is 6.07 Å². The number of nitriles is 1. The van der Waals surface area contributed by atoms with Gasteiger partial charge in [-0.05, 0) is 32.4 Å². The molecule has 0 aliphatic carbocycles. The number of nitrogens with zero attached hydrogens (tertiary/aromatic N) is 4. The van der Waals surface area contributed by atoms with Crippen molar-refractivity contribution in [1.82, 2.24) is 20.3 Å². The van der Waals surface area contributed by atoms with E-state index in [-0.39, 0.29) is 0 Å². The van der Waals surface area contributed by atoms with Crippen molar-refractivity contribution in [3.63, 3.8) is 0 Å². The summed E-state index contributed by atoms with van der Waals surface area (Å²) in [5, 5.41) is 19.3. The molecule has 0 aliphatic heterocycles. The maximum atomic E-state index is 8.33. The zero-order chi connectivity index (χ0) is 10.8. The summed E-state index contributed by atoms with van der Waals surface area (Å²) in [6.45, 7) is 2.90. The minimum atomic E-state index is 0.667. The summed E-state index contributed by atoms with van der Waals surface area (Å²) in [7, 11) is 0. The molecule has 1 N–H and O–H groups in total. The van der Waals surface area contributed by atoms with Crippen molar-refractivity contribution in [2.24, 2.45) is 0 Å². The molecular formula is C10H17N5. The summed E-state index contributed by atoms with van der Waals surface area (Å²) >= 11 is 0. The molecule has 0 bridgehead atoms. The third kappa shape index (κ3) is 5.81. The Hall–Kier alpha value is -1.41. The summed E-state index contributed by atoms with van der Waals surface area (Å²) in [5.74, 6) is 0. The van der Waals surface area contributed by atoms with Gasteiger partial charge in [-0.25, -0.2) is 0 Å². The quantitative estimate of drug-likeness (QED) is 0.644. The van der Waals surface area contributed by atoms with Gasteiger partial charge >= 0.3 is 0 Å². The molecule has 0 unspecified atom stereocenters. The maximum Gasteiger partial charge on any atom is 0.0692 e. The first-order valence-corrected chi connectivity index (χ1v) is 5.35. The van der Waals surface area contributed by atoms with Crippen LogP contribution in [0.3, 0.4) is 0 Å². The van der Waals surface area contributed by atoms with Crippen LogP contribution in [0.15, 0.2) is 12.4 Å². The van der Waals surface area contributed by atoms with Crippen LogP contribution >= 0.6 is 0 Å². The second kappa shape index (κ2) is 7.94. The monoisotopic (exact) mass is 207 g/mol. The van der Waals surface area contributed by atoms with E-state index >= 15 is 0 Å². The van der Waals surface area contributed by atoms with Crippen molar-refractivity contribution in [3.05, 3.63) is 12.4 Å². The van der Waals surface area contributed by atoms with Gasteiger partial charge in [0.15, 0.2) is 0 Å². The average Bonchev–Trinajstić information content (AvgIpc) is 2.75. The van der Waals surface area contributed by atoms with Crippen molar-refractivity contribution < 1.29 is 0 Å². The molecule has 0 radical (unpaired) electrons. The lowest BCUT2D eigenvalue weighted by atomic mass is 10.2. The molecule has 0 spiro atoms. The summed E-state index contributed by atoms with van der Waals surface area (Å²) < 4.78 is 1.83. The van der Waals surface area contributed by atoms with Gasteiger partial charge in [0, 0.05) is 19.2 Å². The zero-order valence-electron chi connectivity index (χ0n) is 8.89. The molecule has 5 nitrogen and oxygen atoms in total. The molecule has 0 amide bonds. The number of aryl methyl sites for hydroxylation is 1. The lowest BCUT2D eigenvalue weighted by Gasteiger charge is -2.03. The van der Waals surface area contributed by atoms with Gasteiger partial charge in [0.2, 0.25) is 0 Å². The Morgan fingerprint density at radius 2 is 2.13 bits per heavy atom. The molecule has 0 aliphatic rings. The van der Waals surface area contributed by atoms with E-state index in [1.807, 2.05) is 10.9 Å². The lowest BCUT2D eigenvalue weighted by molar-refractivity contribution is 0.524. The first-order chi connectivity index (χ1) is 7.43. The molecule has 0 aromatic carbocycles. The summed E-state index contributed by atoms with van der Waals surface area (Å²) in [5.41, 5.74) is 0. The van der Waals surface area contributed by atoms with Gasteiger partial charge < -0.3 is 5.32 Å². The maximum absolute atomic E-state index is 8.33. The fourth-order valence-electron chi connectivity index (χ4n) is 1.30. The van der Waals surface area contributed by atoms with Crippen molar-refractivity contribution in [2.75, 3.05) is 13.1 Å². The van der Waals surface area contributed by atoms with E-state index in [1.54, 1.807) is 6.20 Å². The van der Waals surface area contributed by atoms with E-state index in [0.29, 0.717) is 6.42 Å². The highest BCUT2D eigenvalue weighted by molar-refractivity contribution is 4.68. The standard InChI is InChI=1S/C10H17N5/c11-5-2-1-3-6-12-7-4-9-15-10-8-13-14-15/h8,10,12H,1-4,6-7,9H2. The number of unbranched alkanes of at least 4 members (excludes halogenated alkanes) is 2. The summed E-state index contributed by atoms with van der Waals surface area (Å²) in [4.78, 5) is 0. The van der Waals surface area contributed by atoms with Crippen LogP contribution in [0.5, 0.6) is 0 Å². The molecular weight excluding hydrogens is 190 g/mol. The van der Waals surface area contributed by atoms with E-state index in [1.165, 1.54) is 0 Å². The molecule has 0 atom stereocenters. The first-order valence-electron chi connectivity index (χ1n) is 5.35. The summed E-state index contributed by atoms with van der Waals surface area (Å²) in [6.07, 6.45) is 7.36. The Morgan fingerprint density at radius 3 is 2.87 bits per heavy atom. The summed E-state index contributed by atoms with van der Waals surface area (Å²) in [6, 6.07) is 2.14.